The van der Waals surface area contributed by atoms with Crippen LogP contribution in [-0.4, -0.2) is 27.0 Å². The van der Waals surface area contributed by atoms with Crippen LogP contribution in [0.3, 0.4) is 0 Å². The zero-order valence-electron chi connectivity index (χ0n) is 11.0. The largest absolute Gasteiger partial charge is 0.353 e. The summed E-state index contributed by atoms with van der Waals surface area (Å²) in [7, 11) is 0. The molecule has 2 aromatic rings. The number of rotatable bonds is 3. The van der Waals surface area contributed by atoms with E-state index in [0.29, 0.717) is 23.5 Å². The third kappa shape index (κ3) is 2.57. The van der Waals surface area contributed by atoms with Crippen molar-refractivity contribution in [2.24, 2.45) is 5.73 Å². The standard InChI is InChI=1S/C13H17N5O2/c14-8-1-3-9(4-2-8)15-13-16-11-6-5-10(18(19)20)7-12(11)17-13/h5-9H,1-4,14H2,(H2,15,16,17). The van der Waals surface area contributed by atoms with Crippen LogP contribution in [0.25, 0.3) is 11.0 Å². The van der Waals surface area contributed by atoms with E-state index in [4.69, 9.17) is 5.73 Å². The Hall–Kier alpha value is -2.15. The summed E-state index contributed by atoms with van der Waals surface area (Å²) >= 11 is 0. The molecule has 7 heteroatoms. The van der Waals surface area contributed by atoms with Crippen molar-refractivity contribution < 1.29 is 4.92 Å². The highest BCUT2D eigenvalue weighted by atomic mass is 16.6. The van der Waals surface area contributed by atoms with Gasteiger partial charge in [0.15, 0.2) is 0 Å². The van der Waals surface area contributed by atoms with E-state index in [9.17, 15) is 10.1 Å². The summed E-state index contributed by atoms with van der Waals surface area (Å²) in [6.45, 7) is 0. The fourth-order valence-corrected chi connectivity index (χ4v) is 2.64. The Balaban J connectivity index is 1.77. The third-order valence-electron chi connectivity index (χ3n) is 3.79. The second kappa shape index (κ2) is 5.09. The first-order chi connectivity index (χ1) is 9.61. The molecular weight excluding hydrogens is 258 g/mol. The van der Waals surface area contributed by atoms with Crippen LogP contribution in [0.15, 0.2) is 18.2 Å². The van der Waals surface area contributed by atoms with Crippen molar-refractivity contribution in [2.75, 3.05) is 5.32 Å². The third-order valence-corrected chi connectivity index (χ3v) is 3.79. The monoisotopic (exact) mass is 275 g/mol. The molecule has 20 heavy (non-hydrogen) atoms. The van der Waals surface area contributed by atoms with E-state index < -0.39 is 4.92 Å². The summed E-state index contributed by atoms with van der Waals surface area (Å²) in [4.78, 5) is 17.8. The molecule has 0 amide bonds. The first-order valence-electron chi connectivity index (χ1n) is 6.78. The van der Waals surface area contributed by atoms with Crippen LogP contribution in [0.1, 0.15) is 25.7 Å². The van der Waals surface area contributed by atoms with Gasteiger partial charge in [0.1, 0.15) is 0 Å². The van der Waals surface area contributed by atoms with Gasteiger partial charge in [-0.2, -0.15) is 0 Å². The molecule has 106 valence electrons. The minimum atomic E-state index is -0.407. The molecule has 1 heterocycles. The average Bonchev–Trinajstić information content (AvgIpc) is 2.82. The van der Waals surface area contributed by atoms with Gasteiger partial charge in [0, 0.05) is 24.2 Å². The summed E-state index contributed by atoms with van der Waals surface area (Å²) in [5, 5.41) is 14.1. The quantitative estimate of drug-likeness (QED) is 0.587. The lowest BCUT2D eigenvalue weighted by atomic mass is 9.92. The van der Waals surface area contributed by atoms with Crippen LogP contribution in [0.5, 0.6) is 0 Å². The molecule has 0 bridgehead atoms. The predicted molar refractivity (Wildman–Crippen MR) is 76.6 cm³/mol. The highest BCUT2D eigenvalue weighted by Crippen LogP contribution is 2.23. The smallest absolute Gasteiger partial charge is 0.271 e. The Morgan fingerprint density at radius 2 is 2.10 bits per heavy atom. The van der Waals surface area contributed by atoms with Crippen molar-refractivity contribution in [2.45, 2.75) is 37.8 Å². The Kier molecular flexibility index (Phi) is 3.27. The number of nitrogens with zero attached hydrogens (tertiary/aromatic N) is 2. The zero-order chi connectivity index (χ0) is 14.1. The molecule has 0 unspecified atom stereocenters. The number of imidazole rings is 1. The first kappa shape index (κ1) is 12.9. The highest BCUT2D eigenvalue weighted by Gasteiger charge is 2.19. The number of aromatic amines is 1. The van der Waals surface area contributed by atoms with Crippen LogP contribution in [0.4, 0.5) is 11.6 Å². The van der Waals surface area contributed by atoms with E-state index in [0.717, 1.165) is 31.2 Å². The molecule has 1 fully saturated rings. The number of H-pyrrole nitrogens is 1. The van der Waals surface area contributed by atoms with E-state index in [2.05, 4.69) is 15.3 Å². The van der Waals surface area contributed by atoms with Crippen molar-refractivity contribution in [1.82, 2.24) is 9.97 Å². The molecule has 0 aliphatic heterocycles. The molecular formula is C13H17N5O2. The number of non-ortho nitro benzene ring substituents is 1. The second-order valence-electron chi connectivity index (χ2n) is 5.30. The van der Waals surface area contributed by atoms with Gasteiger partial charge in [0.25, 0.3) is 5.69 Å². The lowest BCUT2D eigenvalue weighted by Gasteiger charge is -2.26. The fraction of sp³-hybridized carbons (Fsp3) is 0.462. The molecule has 3 rings (SSSR count). The number of nitrogens with two attached hydrogens (primary N) is 1. The van der Waals surface area contributed by atoms with E-state index in [-0.39, 0.29) is 5.69 Å². The minimum Gasteiger partial charge on any atom is -0.353 e. The zero-order valence-corrected chi connectivity index (χ0v) is 11.0. The molecule has 1 aliphatic rings. The molecule has 4 N–H and O–H groups in total. The van der Waals surface area contributed by atoms with Crippen molar-refractivity contribution in [1.29, 1.82) is 0 Å². The summed E-state index contributed by atoms with van der Waals surface area (Å²) in [5.74, 6) is 0.668. The molecule has 0 atom stereocenters. The maximum atomic E-state index is 10.7. The van der Waals surface area contributed by atoms with Gasteiger partial charge in [-0.3, -0.25) is 10.1 Å². The lowest BCUT2D eigenvalue weighted by Crippen LogP contribution is -2.33. The van der Waals surface area contributed by atoms with Gasteiger partial charge in [-0.05, 0) is 31.7 Å². The Bertz CT molecular complexity index is 631. The number of anilines is 1. The summed E-state index contributed by atoms with van der Waals surface area (Å²) in [5.41, 5.74) is 7.35. The summed E-state index contributed by atoms with van der Waals surface area (Å²) in [6.07, 6.45) is 4.09. The van der Waals surface area contributed by atoms with Crippen molar-refractivity contribution >= 4 is 22.7 Å². The van der Waals surface area contributed by atoms with Gasteiger partial charge in [-0.1, -0.05) is 0 Å². The predicted octanol–water partition coefficient (Wildman–Crippen LogP) is 2.15. The molecule has 0 saturated heterocycles. The number of nitro benzene ring substituents is 1. The highest BCUT2D eigenvalue weighted by molar-refractivity contribution is 5.79. The van der Waals surface area contributed by atoms with E-state index in [1.807, 2.05) is 0 Å². The van der Waals surface area contributed by atoms with Gasteiger partial charge < -0.3 is 16.0 Å². The van der Waals surface area contributed by atoms with Gasteiger partial charge in [0.05, 0.1) is 16.0 Å². The van der Waals surface area contributed by atoms with Crippen molar-refractivity contribution in [3.63, 3.8) is 0 Å². The Morgan fingerprint density at radius 1 is 1.35 bits per heavy atom. The summed E-state index contributed by atoms with van der Waals surface area (Å²) < 4.78 is 0. The molecule has 0 radical (unpaired) electrons. The summed E-state index contributed by atoms with van der Waals surface area (Å²) in [6, 6.07) is 5.31. The molecule has 1 aromatic carbocycles. The van der Waals surface area contributed by atoms with Gasteiger partial charge >= 0.3 is 0 Å². The van der Waals surface area contributed by atoms with Crippen LogP contribution < -0.4 is 11.1 Å². The van der Waals surface area contributed by atoms with Gasteiger partial charge in [-0.25, -0.2) is 4.98 Å². The van der Waals surface area contributed by atoms with E-state index in [1.54, 1.807) is 6.07 Å². The number of aromatic nitrogens is 2. The van der Waals surface area contributed by atoms with Gasteiger partial charge in [0.2, 0.25) is 5.95 Å². The molecule has 1 aliphatic carbocycles. The number of fused-ring (bicyclic) bond motifs is 1. The number of benzene rings is 1. The van der Waals surface area contributed by atoms with Gasteiger partial charge in [-0.15, -0.1) is 0 Å². The van der Waals surface area contributed by atoms with Crippen LogP contribution >= 0.6 is 0 Å². The molecule has 1 aromatic heterocycles. The van der Waals surface area contributed by atoms with Crippen LogP contribution in [0.2, 0.25) is 0 Å². The maximum absolute atomic E-state index is 10.7. The topological polar surface area (TPSA) is 110 Å². The van der Waals surface area contributed by atoms with Crippen molar-refractivity contribution in [3.05, 3.63) is 28.3 Å². The minimum absolute atomic E-state index is 0.0661. The Morgan fingerprint density at radius 3 is 2.80 bits per heavy atom. The number of hydrogen-bond donors (Lipinski definition) is 3. The fourth-order valence-electron chi connectivity index (χ4n) is 2.64. The number of hydrogen-bond acceptors (Lipinski definition) is 5. The van der Waals surface area contributed by atoms with E-state index in [1.165, 1.54) is 12.1 Å². The number of nitro groups is 1. The molecule has 0 spiro atoms. The lowest BCUT2D eigenvalue weighted by molar-refractivity contribution is -0.384. The maximum Gasteiger partial charge on any atom is 0.271 e. The van der Waals surface area contributed by atoms with Crippen LogP contribution in [0, 0.1) is 10.1 Å². The Labute approximate surface area is 115 Å². The normalized spacial score (nSPS) is 22.9. The van der Waals surface area contributed by atoms with Crippen molar-refractivity contribution in [3.8, 4) is 0 Å². The number of nitrogens with one attached hydrogen (secondary N) is 2. The SMILES string of the molecule is NC1CCC(Nc2nc3ccc([N+](=O)[O-])cc3[nH]2)CC1. The van der Waals surface area contributed by atoms with Crippen LogP contribution in [-0.2, 0) is 0 Å². The molecule has 7 nitrogen and oxygen atoms in total. The molecule has 1 saturated carbocycles. The second-order valence-corrected chi connectivity index (χ2v) is 5.30. The average molecular weight is 275 g/mol. The van der Waals surface area contributed by atoms with E-state index >= 15 is 0 Å². The first-order valence-corrected chi connectivity index (χ1v) is 6.78.